The van der Waals surface area contributed by atoms with E-state index >= 15 is 0 Å². The summed E-state index contributed by atoms with van der Waals surface area (Å²) < 4.78 is 11.5. The van der Waals surface area contributed by atoms with Crippen LogP contribution in [0, 0.1) is 6.92 Å². The number of morpholine rings is 1. The Hall–Kier alpha value is -3.34. The van der Waals surface area contributed by atoms with Crippen LogP contribution in [0.4, 0.5) is 17.3 Å². The van der Waals surface area contributed by atoms with E-state index in [0.717, 1.165) is 72.2 Å². The minimum absolute atomic E-state index is 0.626. The fraction of sp³-hybridized carbons (Fsp3) is 0.320. The summed E-state index contributed by atoms with van der Waals surface area (Å²) in [5.41, 5.74) is 8.33. The van der Waals surface area contributed by atoms with Gasteiger partial charge in [0.05, 0.1) is 25.3 Å². The van der Waals surface area contributed by atoms with Crippen LogP contribution in [0.3, 0.4) is 0 Å². The lowest BCUT2D eigenvalue weighted by molar-refractivity contribution is 0.0358. The first-order valence-corrected chi connectivity index (χ1v) is 12.5. The number of nitrogens with two attached hydrogens (primary N) is 1. The topological polar surface area (TPSA) is 114 Å². The molecule has 0 unspecified atom stereocenters. The minimum Gasteiger partial charge on any atom is -0.493 e. The summed E-state index contributed by atoms with van der Waals surface area (Å²) in [6.07, 6.45) is 0.964. The van der Waals surface area contributed by atoms with Crippen molar-refractivity contribution in [3.8, 4) is 5.75 Å². The molecule has 5 rings (SSSR count). The molecule has 10 heteroatoms. The van der Waals surface area contributed by atoms with Gasteiger partial charge in [0.2, 0.25) is 0 Å². The van der Waals surface area contributed by atoms with E-state index in [9.17, 15) is 0 Å². The van der Waals surface area contributed by atoms with Crippen LogP contribution in [-0.2, 0) is 4.74 Å². The second-order valence-electron chi connectivity index (χ2n) is 8.42. The molecule has 1 aliphatic rings. The third-order valence-electron chi connectivity index (χ3n) is 5.68. The summed E-state index contributed by atoms with van der Waals surface area (Å²) in [6, 6.07) is 15.5. The molecular formula is C25H29N7O2S. The maximum Gasteiger partial charge on any atom is 0.195 e. The van der Waals surface area contributed by atoms with Crippen molar-refractivity contribution in [2.45, 2.75) is 23.4 Å². The fourth-order valence-electron chi connectivity index (χ4n) is 3.87. The normalized spacial score (nSPS) is 14.3. The first-order chi connectivity index (χ1) is 17.1. The van der Waals surface area contributed by atoms with Gasteiger partial charge in [0.1, 0.15) is 11.6 Å². The van der Waals surface area contributed by atoms with Crippen LogP contribution < -0.4 is 15.8 Å². The number of aromatic amines is 1. The van der Waals surface area contributed by atoms with E-state index in [-0.39, 0.29) is 0 Å². The van der Waals surface area contributed by atoms with Crippen molar-refractivity contribution in [3.63, 3.8) is 0 Å². The molecule has 1 fully saturated rings. The predicted octanol–water partition coefficient (Wildman–Crippen LogP) is 4.24. The maximum absolute atomic E-state index is 6.06. The average Bonchev–Trinajstić information content (AvgIpc) is 3.28. The Morgan fingerprint density at radius 2 is 1.94 bits per heavy atom. The highest BCUT2D eigenvalue weighted by Gasteiger charge is 2.13. The second kappa shape index (κ2) is 10.9. The molecule has 2 aromatic carbocycles. The van der Waals surface area contributed by atoms with Crippen molar-refractivity contribution in [1.29, 1.82) is 0 Å². The number of ether oxygens (including phenoxy) is 2. The molecule has 0 radical (unpaired) electrons. The van der Waals surface area contributed by atoms with Crippen LogP contribution in [0.15, 0.2) is 58.6 Å². The van der Waals surface area contributed by atoms with Crippen LogP contribution in [0.2, 0.25) is 0 Å². The molecule has 4 N–H and O–H groups in total. The van der Waals surface area contributed by atoms with Crippen molar-refractivity contribution < 1.29 is 9.47 Å². The van der Waals surface area contributed by atoms with Gasteiger partial charge < -0.3 is 20.5 Å². The number of hydrogen-bond donors (Lipinski definition) is 3. The quantitative estimate of drug-likeness (QED) is 0.180. The van der Waals surface area contributed by atoms with Crippen molar-refractivity contribution in [2.24, 2.45) is 0 Å². The number of aromatic nitrogens is 4. The molecule has 4 aromatic rings. The third-order valence-corrected chi connectivity index (χ3v) is 6.55. The number of nitrogens with zero attached hydrogens (tertiary/aromatic N) is 4. The van der Waals surface area contributed by atoms with E-state index in [2.05, 4.69) is 20.4 Å². The minimum atomic E-state index is 0.626. The summed E-state index contributed by atoms with van der Waals surface area (Å²) in [6.45, 7) is 7.24. The highest BCUT2D eigenvalue weighted by atomic mass is 32.2. The number of nitrogen functional groups attached to an aromatic ring is 1. The molecule has 182 valence electrons. The summed E-state index contributed by atoms with van der Waals surface area (Å²) >= 11 is 1.48. The van der Waals surface area contributed by atoms with Gasteiger partial charge in [0, 0.05) is 53.4 Å². The van der Waals surface area contributed by atoms with Crippen LogP contribution >= 0.6 is 11.8 Å². The molecule has 0 saturated carbocycles. The van der Waals surface area contributed by atoms with Crippen molar-refractivity contribution >= 4 is 40.0 Å². The van der Waals surface area contributed by atoms with Gasteiger partial charge in [-0.25, -0.2) is 9.97 Å². The lowest BCUT2D eigenvalue weighted by Crippen LogP contribution is -2.37. The smallest absolute Gasteiger partial charge is 0.195 e. The number of rotatable bonds is 9. The molecule has 1 aliphatic heterocycles. The SMILES string of the molecule is Cc1cc(Nc2nc(Sc3ccc(N)cc3)nc3cc(OCCCN4CCOCC4)ccc23)n[nH]1. The van der Waals surface area contributed by atoms with Gasteiger partial charge in [-0.15, -0.1) is 0 Å². The number of hydrogen-bond acceptors (Lipinski definition) is 9. The van der Waals surface area contributed by atoms with Gasteiger partial charge in [-0.05, 0) is 61.5 Å². The Labute approximate surface area is 208 Å². The van der Waals surface area contributed by atoms with E-state index in [1.807, 2.05) is 55.5 Å². The highest BCUT2D eigenvalue weighted by molar-refractivity contribution is 7.99. The number of nitrogens with one attached hydrogen (secondary N) is 2. The Morgan fingerprint density at radius 3 is 2.71 bits per heavy atom. The number of anilines is 3. The van der Waals surface area contributed by atoms with Crippen molar-refractivity contribution in [3.05, 3.63) is 54.2 Å². The number of benzene rings is 2. The van der Waals surface area contributed by atoms with Crippen molar-refractivity contribution in [1.82, 2.24) is 25.1 Å². The van der Waals surface area contributed by atoms with E-state index in [4.69, 9.17) is 25.2 Å². The molecule has 2 aromatic heterocycles. The van der Waals surface area contributed by atoms with Gasteiger partial charge in [0.15, 0.2) is 11.0 Å². The number of fused-ring (bicyclic) bond motifs is 1. The molecule has 1 saturated heterocycles. The van der Waals surface area contributed by atoms with Crippen LogP contribution in [0.1, 0.15) is 12.1 Å². The zero-order valence-electron chi connectivity index (χ0n) is 19.7. The largest absolute Gasteiger partial charge is 0.493 e. The van der Waals surface area contributed by atoms with Gasteiger partial charge in [-0.1, -0.05) is 0 Å². The Balaban J connectivity index is 1.35. The maximum atomic E-state index is 6.06. The Bertz CT molecular complexity index is 1270. The predicted molar refractivity (Wildman–Crippen MR) is 138 cm³/mol. The van der Waals surface area contributed by atoms with Gasteiger partial charge in [-0.2, -0.15) is 5.10 Å². The highest BCUT2D eigenvalue weighted by Crippen LogP contribution is 2.32. The number of aryl methyl sites for hydroxylation is 1. The Kier molecular flexibility index (Phi) is 7.31. The second-order valence-corrected chi connectivity index (χ2v) is 9.46. The fourth-order valence-corrected chi connectivity index (χ4v) is 4.63. The molecule has 0 bridgehead atoms. The Morgan fingerprint density at radius 1 is 1.11 bits per heavy atom. The van der Waals surface area contributed by atoms with E-state index in [0.29, 0.717) is 23.4 Å². The van der Waals surface area contributed by atoms with Gasteiger partial charge in [-0.3, -0.25) is 10.00 Å². The summed E-state index contributed by atoms with van der Waals surface area (Å²) in [4.78, 5) is 13.0. The standard InChI is InChI=1S/C25H29N7O2S/c1-17-15-23(31-30-17)28-24-21-8-5-19(34-12-2-9-32-10-13-33-14-11-32)16-22(21)27-25(29-24)35-20-6-3-18(26)4-7-20/h3-8,15-16H,2,9-14,26H2,1H3,(H2,27,28,29,30,31). The summed E-state index contributed by atoms with van der Waals surface area (Å²) in [5, 5.41) is 12.1. The van der Waals surface area contributed by atoms with Gasteiger partial charge >= 0.3 is 0 Å². The number of H-pyrrole nitrogens is 1. The molecule has 3 heterocycles. The first-order valence-electron chi connectivity index (χ1n) is 11.7. The molecule has 0 aliphatic carbocycles. The van der Waals surface area contributed by atoms with Crippen LogP contribution in [-0.4, -0.2) is 64.5 Å². The monoisotopic (exact) mass is 491 g/mol. The molecule has 9 nitrogen and oxygen atoms in total. The third kappa shape index (κ3) is 6.21. The van der Waals surface area contributed by atoms with E-state index in [1.54, 1.807) is 0 Å². The lowest BCUT2D eigenvalue weighted by atomic mass is 10.2. The molecular weight excluding hydrogens is 462 g/mol. The summed E-state index contributed by atoms with van der Waals surface area (Å²) in [5.74, 6) is 2.19. The molecule has 0 atom stereocenters. The average molecular weight is 492 g/mol. The van der Waals surface area contributed by atoms with Crippen molar-refractivity contribution in [2.75, 3.05) is 50.5 Å². The lowest BCUT2D eigenvalue weighted by Gasteiger charge is -2.26. The molecule has 0 amide bonds. The van der Waals surface area contributed by atoms with Gasteiger partial charge in [0.25, 0.3) is 0 Å². The zero-order chi connectivity index (χ0) is 24.0. The van der Waals surface area contributed by atoms with E-state index < -0.39 is 0 Å². The van der Waals surface area contributed by atoms with Crippen LogP contribution in [0.5, 0.6) is 5.75 Å². The summed E-state index contributed by atoms with van der Waals surface area (Å²) in [7, 11) is 0. The molecule has 0 spiro atoms. The van der Waals surface area contributed by atoms with E-state index in [1.165, 1.54) is 11.8 Å². The molecule has 35 heavy (non-hydrogen) atoms. The first kappa shape index (κ1) is 23.4. The zero-order valence-corrected chi connectivity index (χ0v) is 20.5. The van der Waals surface area contributed by atoms with Crippen LogP contribution in [0.25, 0.3) is 10.9 Å².